The van der Waals surface area contributed by atoms with Crippen LogP contribution in [0.2, 0.25) is 0 Å². The lowest BCUT2D eigenvalue weighted by Crippen LogP contribution is -2.06. The highest BCUT2D eigenvalue weighted by Gasteiger charge is 2.16. The van der Waals surface area contributed by atoms with Crippen LogP contribution in [0.25, 0.3) is 0 Å². The number of hydrogen-bond donors (Lipinski definition) is 7. The first-order chi connectivity index (χ1) is 17.1. The van der Waals surface area contributed by atoms with E-state index < -0.39 is 52.0 Å². The highest BCUT2D eigenvalue weighted by atomic mass is 16.5. The van der Waals surface area contributed by atoms with Crippen LogP contribution in [0.4, 0.5) is 0 Å². The van der Waals surface area contributed by atoms with Gasteiger partial charge in [0.15, 0.2) is 28.7 Å². The van der Waals surface area contributed by atoms with Crippen molar-refractivity contribution < 1.29 is 50.1 Å². The van der Waals surface area contributed by atoms with E-state index in [1.807, 2.05) is 0 Å². The first-order valence-electron chi connectivity index (χ1n) is 12.0. The normalized spacial score (nSPS) is 10.4. The number of unbranched alkanes of at least 4 members (excludes halogenated alkanes) is 9. The molecule has 0 spiro atoms. The summed E-state index contributed by atoms with van der Waals surface area (Å²) in [5, 5.41) is 63.0. The molecule has 0 fully saturated rings. The van der Waals surface area contributed by atoms with Crippen LogP contribution in [0.15, 0.2) is 24.3 Å². The number of carbonyl (C=O) groups is 2. The zero-order valence-electron chi connectivity index (χ0n) is 20.4. The van der Waals surface area contributed by atoms with Crippen molar-refractivity contribution in [1.82, 2.24) is 0 Å². The number of carbonyl (C=O) groups excluding carboxylic acids is 1. The van der Waals surface area contributed by atoms with E-state index in [4.69, 9.17) is 25.2 Å². The Morgan fingerprint density at radius 3 is 1.67 bits per heavy atom. The van der Waals surface area contributed by atoms with Gasteiger partial charge in [0.1, 0.15) is 5.56 Å². The van der Waals surface area contributed by atoms with Gasteiger partial charge in [-0.25, -0.2) is 9.59 Å². The molecule has 0 heterocycles. The highest BCUT2D eigenvalue weighted by molar-refractivity contribution is 5.92. The van der Waals surface area contributed by atoms with E-state index in [0.717, 1.165) is 43.5 Å². The van der Waals surface area contributed by atoms with Gasteiger partial charge in [-0.2, -0.15) is 0 Å². The predicted octanol–water partition coefficient (Wildman–Crippen LogP) is 5.38. The van der Waals surface area contributed by atoms with Gasteiger partial charge in [0, 0.05) is 0 Å². The predicted molar refractivity (Wildman–Crippen MR) is 132 cm³/mol. The van der Waals surface area contributed by atoms with Gasteiger partial charge < -0.3 is 40.5 Å². The average Bonchev–Trinajstić information content (AvgIpc) is 2.84. The van der Waals surface area contributed by atoms with E-state index in [0.29, 0.717) is 6.61 Å². The van der Waals surface area contributed by atoms with Crippen molar-refractivity contribution in [3.8, 4) is 34.5 Å². The first-order valence-corrected chi connectivity index (χ1v) is 12.0. The summed E-state index contributed by atoms with van der Waals surface area (Å²) in [7, 11) is 0. The second-order valence-corrected chi connectivity index (χ2v) is 8.32. The molecule has 0 aliphatic carbocycles. The molecular weight excluding hydrogens is 472 g/mol. The second-order valence-electron chi connectivity index (χ2n) is 8.32. The quantitative estimate of drug-likeness (QED) is 0.105. The smallest absolute Gasteiger partial charge is 0.339 e. The molecule has 2 rings (SSSR count). The van der Waals surface area contributed by atoms with Crippen LogP contribution in [0.5, 0.6) is 34.5 Å². The van der Waals surface area contributed by atoms with E-state index in [9.17, 15) is 24.9 Å². The second kappa shape index (κ2) is 16.0. The Bertz CT molecular complexity index is 964. The maximum absolute atomic E-state index is 11.8. The lowest BCUT2D eigenvalue weighted by Gasteiger charge is -2.07. The van der Waals surface area contributed by atoms with Gasteiger partial charge in [-0.1, -0.05) is 64.7 Å². The summed E-state index contributed by atoms with van der Waals surface area (Å²) in [5.41, 5.74) is -0.430. The minimum Gasteiger partial charge on any atom is -0.504 e. The van der Waals surface area contributed by atoms with Crippen molar-refractivity contribution in [2.75, 3.05) is 6.61 Å². The number of aromatic hydroxyl groups is 6. The van der Waals surface area contributed by atoms with E-state index in [2.05, 4.69) is 6.92 Å². The standard InChI is InChI=1S/C19H30O5.C7H6O5/c1-2-3-4-5-6-7-8-9-10-11-12-24-19(23)15-13-16(20)18(22)17(21)14-15;8-4-2-1-3(7(11)12)5(9)6(4)10/h13-14,20-22H,2-12H2,1H3;1-2,8-10H,(H,11,12). The summed E-state index contributed by atoms with van der Waals surface area (Å²) in [6.45, 7) is 2.54. The third-order valence-electron chi connectivity index (χ3n) is 5.40. The number of aromatic carboxylic acids is 1. The van der Waals surface area contributed by atoms with Crippen molar-refractivity contribution in [1.29, 1.82) is 0 Å². The first kappa shape index (κ1) is 30.2. The van der Waals surface area contributed by atoms with Gasteiger partial charge in [0.25, 0.3) is 0 Å². The molecule has 0 aliphatic heterocycles. The molecule has 0 unspecified atom stereocenters. The number of hydrogen-bond acceptors (Lipinski definition) is 9. The minimum absolute atomic E-state index is 0.0230. The Morgan fingerprint density at radius 2 is 1.17 bits per heavy atom. The summed E-state index contributed by atoms with van der Waals surface area (Å²) in [5.74, 6) is -5.92. The van der Waals surface area contributed by atoms with Gasteiger partial charge >= 0.3 is 11.9 Å². The van der Waals surface area contributed by atoms with Crippen LogP contribution < -0.4 is 0 Å². The molecule has 0 bridgehead atoms. The molecule has 2 aromatic carbocycles. The molecule has 10 nitrogen and oxygen atoms in total. The third kappa shape index (κ3) is 10.2. The Balaban J connectivity index is 0.000000450. The number of phenols is 6. The summed E-state index contributed by atoms with van der Waals surface area (Å²) in [4.78, 5) is 22.1. The van der Waals surface area contributed by atoms with E-state index in [-0.39, 0.29) is 5.56 Å². The van der Waals surface area contributed by atoms with Gasteiger partial charge in [0.05, 0.1) is 12.2 Å². The van der Waals surface area contributed by atoms with Gasteiger partial charge in [-0.05, 0) is 30.7 Å². The minimum atomic E-state index is -1.37. The third-order valence-corrected chi connectivity index (χ3v) is 5.40. The van der Waals surface area contributed by atoms with Gasteiger partial charge in [-0.15, -0.1) is 0 Å². The van der Waals surface area contributed by atoms with Crippen LogP contribution in [0.3, 0.4) is 0 Å². The molecule has 0 aliphatic rings. The van der Waals surface area contributed by atoms with Crippen molar-refractivity contribution in [2.24, 2.45) is 0 Å². The number of carboxylic acid groups (broad SMARTS) is 1. The summed E-state index contributed by atoms with van der Waals surface area (Å²) in [6.07, 6.45) is 12.1. The maximum Gasteiger partial charge on any atom is 0.339 e. The van der Waals surface area contributed by atoms with Gasteiger partial charge in [0.2, 0.25) is 5.75 Å². The molecule has 10 heteroatoms. The number of ether oxygens (including phenoxy) is 1. The molecular formula is C26H36O10. The zero-order chi connectivity index (χ0) is 27.1. The molecule has 0 atom stereocenters. The highest BCUT2D eigenvalue weighted by Crippen LogP contribution is 2.37. The van der Waals surface area contributed by atoms with Crippen molar-refractivity contribution in [3.63, 3.8) is 0 Å². The Kier molecular flexibility index (Phi) is 13.4. The molecule has 200 valence electrons. The lowest BCUT2D eigenvalue weighted by molar-refractivity contribution is 0.0496. The van der Waals surface area contributed by atoms with Crippen LogP contribution >= 0.6 is 0 Å². The largest absolute Gasteiger partial charge is 0.504 e. The van der Waals surface area contributed by atoms with E-state index >= 15 is 0 Å². The number of carboxylic acids is 1. The number of rotatable bonds is 13. The maximum atomic E-state index is 11.8. The molecule has 7 N–H and O–H groups in total. The molecule has 0 radical (unpaired) electrons. The fraction of sp³-hybridized carbons (Fsp3) is 0.462. The topological polar surface area (TPSA) is 185 Å². The van der Waals surface area contributed by atoms with Crippen LogP contribution in [-0.4, -0.2) is 54.3 Å². The molecule has 36 heavy (non-hydrogen) atoms. The summed E-state index contributed by atoms with van der Waals surface area (Å²) < 4.78 is 5.11. The zero-order valence-corrected chi connectivity index (χ0v) is 20.4. The van der Waals surface area contributed by atoms with Gasteiger partial charge in [-0.3, -0.25) is 0 Å². The molecule has 0 saturated heterocycles. The molecule has 0 amide bonds. The summed E-state index contributed by atoms with van der Waals surface area (Å²) >= 11 is 0. The Hall–Kier alpha value is -3.82. The van der Waals surface area contributed by atoms with Crippen LogP contribution in [0, 0.1) is 0 Å². The Morgan fingerprint density at radius 1 is 0.667 bits per heavy atom. The molecule has 0 aromatic heterocycles. The molecule has 0 saturated carbocycles. The number of benzene rings is 2. The Labute approximate surface area is 210 Å². The molecule has 2 aromatic rings. The fourth-order valence-electron chi connectivity index (χ4n) is 3.30. The number of esters is 1. The summed E-state index contributed by atoms with van der Waals surface area (Å²) in [6, 6.07) is 4.14. The van der Waals surface area contributed by atoms with E-state index in [1.165, 1.54) is 44.9 Å². The van der Waals surface area contributed by atoms with Crippen molar-refractivity contribution in [3.05, 3.63) is 35.4 Å². The van der Waals surface area contributed by atoms with Crippen LogP contribution in [-0.2, 0) is 4.74 Å². The monoisotopic (exact) mass is 508 g/mol. The SMILES string of the molecule is CCCCCCCCCCCCOC(=O)c1cc(O)c(O)c(O)c1.O=C(O)c1ccc(O)c(O)c1O. The average molecular weight is 509 g/mol. The lowest BCUT2D eigenvalue weighted by atomic mass is 10.1. The fourth-order valence-corrected chi connectivity index (χ4v) is 3.30. The van der Waals surface area contributed by atoms with E-state index in [1.54, 1.807) is 0 Å². The van der Waals surface area contributed by atoms with Crippen molar-refractivity contribution in [2.45, 2.75) is 71.1 Å². The van der Waals surface area contributed by atoms with Crippen LogP contribution in [0.1, 0.15) is 91.8 Å². The number of phenolic OH excluding ortho intramolecular Hbond substituents is 5. The van der Waals surface area contributed by atoms with Crippen molar-refractivity contribution >= 4 is 11.9 Å².